The Morgan fingerprint density at radius 1 is 1.06 bits per heavy atom. The Labute approximate surface area is 182 Å². The Hall–Kier alpha value is -3.71. The van der Waals surface area contributed by atoms with Crippen LogP contribution in [0.25, 0.3) is 33.9 Å². The standard InChI is InChI=1S/C23H17ClFN5O/c1-13-26-12-21(31-13)18-8-7-15(11-27-18)28-19-9-14(25)10-20-22(19)29-23(30(20)2)16-5-3-4-6-17(16)24/h3-12,28H,1-2H3. The molecule has 0 bridgehead atoms. The fraction of sp³-hybridized carbons (Fsp3) is 0.0870. The van der Waals surface area contributed by atoms with Crippen molar-refractivity contribution in [2.45, 2.75) is 6.92 Å². The molecule has 0 saturated heterocycles. The number of benzene rings is 2. The number of fused-ring (bicyclic) bond motifs is 1. The Morgan fingerprint density at radius 2 is 1.90 bits per heavy atom. The van der Waals surface area contributed by atoms with Gasteiger partial charge in [0, 0.05) is 19.5 Å². The molecule has 0 spiro atoms. The summed E-state index contributed by atoms with van der Waals surface area (Å²) in [5.41, 5.74) is 3.95. The van der Waals surface area contributed by atoms with Crippen molar-refractivity contribution in [1.29, 1.82) is 0 Å². The average Bonchev–Trinajstić information content (AvgIpc) is 3.33. The topological polar surface area (TPSA) is 68.8 Å². The Morgan fingerprint density at radius 3 is 2.61 bits per heavy atom. The largest absolute Gasteiger partial charge is 0.439 e. The van der Waals surface area contributed by atoms with Crippen LogP contribution in [0.3, 0.4) is 0 Å². The van der Waals surface area contributed by atoms with Gasteiger partial charge in [-0.2, -0.15) is 0 Å². The van der Waals surface area contributed by atoms with E-state index in [1.165, 1.54) is 12.1 Å². The minimum absolute atomic E-state index is 0.370. The third kappa shape index (κ3) is 3.53. The number of anilines is 2. The minimum atomic E-state index is -0.370. The molecule has 0 aliphatic carbocycles. The Bertz CT molecular complexity index is 1410. The van der Waals surface area contributed by atoms with Gasteiger partial charge < -0.3 is 14.3 Å². The SMILES string of the molecule is Cc1ncc(-c2ccc(Nc3cc(F)cc4c3nc(-c3ccccc3Cl)n4C)cn2)o1. The summed E-state index contributed by atoms with van der Waals surface area (Å²) in [7, 11) is 1.84. The highest BCUT2D eigenvalue weighted by Crippen LogP contribution is 2.34. The molecule has 31 heavy (non-hydrogen) atoms. The first-order chi connectivity index (χ1) is 15.0. The second-order valence-corrected chi connectivity index (χ2v) is 7.50. The number of rotatable bonds is 4. The smallest absolute Gasteiger partial charge is 0.191 e. The number of pyridine rings is 1. The molecule has 8 heteroatoms. The van der Waals surface area contributed by atoms with E-state index in [0.29, 0.717) is 50.6 Å². The summed E-state index contributed by atoms with van der Waals surface area (Å²) in [6.07, 6.45) is 3.28. The zero-order chi connectivity index (χ0) is 21.5. The molecule has 0 unspecified atom stereocenters. The van der Waals surface area contributed by atoms with Gasteiger partial charge in [-0.1, -0.05) is 23.7 Å². The lowest BCUT2D eigenvalue weighted by atomic mass is 10.2. The number of oxazole rings is 1. The second-order valence-electron chi connectivity index (χ2n) is 7.10. The lowest BCUT2D eigenvalue weighted by molar-refractivity contribution is 0.532. The van der Waals surface area contributed by atoms with Gasteiger partial charge in [0.2, 0.25) is 0 Å². The summed E-state index contributed by atoms with van der Waals surface area (Å²) in [5.74, 6) is 1.45. The number of nitrogens with zero attached hydrogens (tertiary/aromatic N) is 4. The van der Waals surface area contributed by atoms with E-state index in [0.717, 1.165) is 5.56 Å². The molecule has 6 nitrogen and oxygen atoms in total. The molecular formula is C23H17ClFN5O. The van der Waals surface area contributed by atoms with Gasteiger partial charge >= 0.3 is 0 Å². The predicted molar refractivity (Wildman–Crippen MR) is 119 cm³/mol. The van der Waals surface area contributed by atoms with E-state index in [2.05, 4.69) is 15.3 Å². The average molecular weight is 434 g/mol. The van der Waals surface area contributed by atoms with Crippen molar-refractivity contribution in [3.8, 4) is 22.8 Å². The van der Waals surface area contributed by atoms with Crippen LogP contribution >= 0.6 is 11.6 Å². The molecule has 0 saturated carbocycles. The van der Waals surface area contributed by atoms with E-state index in [9.17, 15) is 4.39 Å². The Balaban J connectivity index is 1.54. The number of nitrogens with one attached hydrogen (secondary N) is 1. The van der Waals surface area contributed by atoms with Crippen molar-refractivity contribution in [2.75, 3.05) is 5.32 Å². The fourth-order valence-corrected chi connectivity index (χ4v) is 3.70. The first-order valence-corrected chi connectivity index (χ1v) is 9.94. The zero-order valence-electron chi connectivity index (χ0n) is 16.7. The van der Waals surface area contributed by atoms with Crippen LogP contribution in [0.5, 0.6) is 0 Å². The summed E-state index contributed by atoms with van der Waals surface area (Å²) < 4.78 is 21.7. The number of imidazole rings is 1. The van der Waals surface area contributed by atoms with Crippen molar-refractivity contribution >= 4 is 34.0 Å². The number of hydrogen-bond acceptors (Lipinski definition) is 5. The van der Waals surface area contributed by atoms with Gasteiger partial charge in [-0.05, 0) is 36.4 Å². The predicted octanol–water partition coefficient (Wildman–Crippen LogP) is 6.13. The Kier molecular flexibility index (Phi) is 4.67. The van der Waals surface area contributed by atoms with E-state index in [-0.39, 0.29) is 5.82 Å². The van der Waals surface area contributed by atoms with Crippen LogP contribution in [0, 0.1) is 12.7 Å². The fourth-order valence-electron chi connectivity index (χ4n) is 3.48. The molecular weight excluding hydrogens is 417 g/mol. The number of aryl methyl sites for hydroxylation is 2. The lowest BCUT2D eigenvalue weighted by Crippen LogP contribution is -1.95. The highest BCUT2D eigenvalue weighted by molar-refractivity contribution is 6.33. The van der Waals surface area contributed by atoms with Crippen molar-refractivity contribution in [2.24, 2.45) is 7.05 Å². The molecule has 0 aliphatic heterocycles. The molecule has 3 heterocycles. The summed E-state index contributed by atoms with van der Waals surface area (Å²) in [6.45, 7) is 1.78. The quantitative estimate of drug-likeness (QED) is 0.369. The van der Waals surface area contributed by atoms with Gasteiger partial charge in [0.1, 0.15) is 22.9 Å². The monoisotopic (exact) mass is 433 g/mol. The van der Waals surface area contributed by atoms with Gasteiger partial charge in [-0.3, -0.25) is 4.98 Å². The minimum Gasteiger partial charge on any atom is -0.439 e. The highest BCUT2D eigenvalue weighted by Gasteiger charge is 2.17. The number of hydrogen-bond donors (Lipinski definition) is 1. The van der Waals surface area contributed by atoms with E-state index in [1.54, 1.807) is 25.4 Å². The van der Waals surface area contributed by atoms with Crippen molar-refractivity contribution in [3.63, 3.8) is 0 Å². The summed E-state index contributed by atoms with van der Waals surface area (Å²) in [6, 6.07) is 14.0. The van der Waals surface area contributed by atoms with Gasteiger partial charge in [-0.15, -0.1) is 0 Å². The van der Waals surface area contributed by atoms with E-state index in [1.807, 2.05) is 41.9 Å². The molecule has 0 aliphatic rings. The number of aromatic nitrogens is 4. The van der Waals surface area contributed by atoms with Crippen LogP contribution in [0.4, 0.5) is 15.8 Å². The molecule has 5 rings (SSSR count). The molecule has 0 amide bonds. The van der Waals surface area contributed by atoms with E-state index in [4.69, 9.17) is 21.0 Å². The summed E-state index contributed by atoms with van der Waals surface area (Å²) in [4.78, 5) is 13.2. The zero-order valence-corrected chi connectivity index (χ0v) is 17.5. The van der Waals surface area contributed by atoms with Crippen LogP contribution in [0.15, 0.2) is 65.3 Å². The van der Waals surface area contributed by atoms with Crippen LogP contribution in [-0.4, -0.2) is 19.5 Å². The number of halogens is 2. The van der Waals surface area contributed by atoms with Gasteiger partial charge in [0.15, 0.2) is 11.7 Å². The summed E-state index contributed by atoms with van der Waals surface area (Å²) >= 11 is 6.36. The molecule has 5 aromatic rings. The van der Waals surface area contributed by atoms with Crippen molar-refractivity contribution in [3.05, 3.63) is 77.7 Å². The van der Waals surface area contributed by atoms with E-state index < -0.39 is 0 Å². The van der Waals surface area contributed by atoms with Crippen molar-refractivity contribution in [1.82, 2.24) is 19.5 Å². The van der Waals surface area contributed by atoms with Gasteiger partial charge in [-0.25, -0.2) is 14.4 Å². The highest BCUT2D eigenvalue weighted by atomic mass is 35.5. The summed E-state index contributed by atoms with van der Waals surface area (Å²) in [5, 5.41) is 3.80. The van der Waals surface area contributed by atoms with Gasteiger partial charge in [0.05, 0.1) is 34.3 Å². The van der Waals surface area contributed by atoms with Gasteiger partial charge in [0.25, 0.3) is 0 Å². The third-order valence-electron chi connectivity index (χ3n) is 4.98. The maximum absolute atomic E-state index is 14.4. The molecule has 0 atom stereocenters. The second kappa shape index (κ2) is 7.52. The van der Waals surface area contributed by atoms with E-state index >= 15 is 0 Å². The van der Waals surface area contributed by atoms with Crippen LogP contribution in [0.2, 0.25) is 5.02 Å². The van der Waals surface area contributed by atoms with Crippen LogP contribution in [0.1, 0.15) is 5.89 Å². The van der Waals surface area contributed by atoms with Crippen molar-refractivity contribution < 1.29 is 8.81 Å². The molecule has 0 fully saturated rings. The molecule has 2 aromatic carbocycles. The lowest BCUT2D eigenvalue weighted by Gasteiger charge is -2.08. The molecule has 3 aromatic heterocycles. The molecule has 1 N–H and O–H groups in total. The molecule has 154 valence electrons. The van der Waals surface area contributed by atoms with Crippen LogP contribution in [-0.2, 0) is 7.05 Å². The third-order valence-corrected chi connectivity index (χ3v) is 5.31. The van der Waals surface area contributed by atoms with Crippen LogP contribution < -0.4 is 5.32 Å². The first-order valence-electron chi connectivity index (χ1n) is 9.56. The maximum atomic E-state index is 14.4. The normalized spacial score (nSPS) is 11.2. The first kappa shape index (κ1) is 19.3. The molecule has 0 radical (unpaired) electrons. The maximum Gasteiger partial charge on any atom is 0.191 e.